The molecule has 1 N–H and O–H groups in total. The minimum Gasteiger partial charge on any atom is -0.496 e. The lowest BCUT2D eigenvalue weighted by Gasteiger charge is -2.29. The highest BCUT2D eigenvalue weighted by atomic mass is 35.5. The second kappa shape index (κ2) is 9.71. The molecule has 162 valence electrons. The molecule has 1 heterocycles. The maximum absolute atomic E-state index is 13.0. The smallest absolute Gasteiger partial charge is 0.276 e. The van der Waals surface area contributed by atoms with Crippen LogP contribution < -0.4 is 14.8 Å². The molecule has 5 nitrogen and oxygen atoms in total. The molecule has 0 atom stereocenters. The second-order valence-corrected chi connectivity index (χ2v) is 8.59. The van der Waals surface area contributed by atoms with E-state index in [9.17, 15) is 4.79 Å². The molecule has 0 spiro atoms. The van der Waals surface area contributed by atoms with Crippen molar-refractivity contribution in [2.45, 2.75) is 44.8 Å². The quantitative estimate of drug-likeness (QED) is 0.471. The van der Waals surface area contributed by atoms with Gasteiger partial charge >= 0.3 is 0 Å². The Balaban J connectivity index is 1.52. The van der Waals surface area contributed by atoms with E-state index in [1.54, 1.807) is 24.1 Å². The number of halogens is 1. The zero-order chi connectivity index (χ0) is 21.8. The van der Waals surface area contributed by atoms with Crippen LogP contribution in [-0.4, -0.2) is 29.1 Å². The van der Waals surface area contributed by atoms with E-state index in [0.717, 1.165) is 48.3 Å². The van der Waals surface area contributed by atoms with E-state index in [2.05, 4.69) is 5.32 Å². The molecule has 0 aromatic heterocycles. The summed E-state index contributed by atoms with van der Waals surface area (Å²) in [5, 5.41) is 4.27. The molecular weight excluding hydrogens is 432 g/mol. The van der Waals surface area contributed by atoms with E-state index in [4.69, 9.17) is 33.3 Å². The van der Waals surface area contributed by atoms with Crippen LogP contribution in [0.4, 0.5) is 0 Å². The normalized spacial score (nSPS) is 18.4. The van der Waals surface area contributed by atoms with Gasteiger partial charge in [0.15, 0.2) is 5.11 Å². The summed E-state index contributed by atoms with van der Waals surface area (Å²) in [5.74, 6) is 1.39. The summed E-state index contributed by atoms with van der Waals surface area (Å²) >= 11 is 11.4. The molecule has 4 rings (SSSR count). The van der Waals surface area contributed by atoms with Crippen molar-refractivity contribution in [3.05, 3.63) is 64.3 Å². The average Bonchev–Trinajstić information content (AvgIpc) is 3.06. The summed E-state index contributed by atoms with van der Waals surface area (Å²) in [6.07, 6.45) is 7.37. The van der Waals surface area contributed by atoms with Crippen LogP contribution in [0.2, 0.25) is 5.02 Å². The summed E-state index contributed by atoms with van der Waals surface area (Å²) in [6.45, 7) is 0.329. The Hall–Kier alpha value is -2.57. The third-order valence-corrected chi connectivity index (χ3v) is 6.22. The lowest BCUT2D eigenvalue weighted by Crippen LogP contribution is -2.41. The number of carbonyl (C=O) groups excluding carboxylic acids is 1. The van der Waals surface area contributed by atoms with Crippen LogP contribution >= 0.6 is 23.8 Å². The van der Waals surface area contributed by atoms with E-state index in [0.29, 0.717) is 22.4 Å². The molecule has 1 aliphatic carbocycles. The summed E-state index contributed by atoms with van der Waals surface area (Å²) in [4.78, 5) is 14.8. The number of carbonyl (C=O) groups is 1. The van der Waals surface area contributed by atoms with Gasteiger partial charge in [0.2, 0.25) is 0 Å². The number of nitrogens with one attached hydrogen (secondary N) is 1. The van der Waals surface area contributed by atoms with Crippen LogP contribution in [0.3, 0.4) is 0 Å². The molecule has 2 aliphatic rings. The molecule has 7 heteroatoms. The first-order chi connectivity index (χ1) is 15.0. The first kappa shape index (κ1) is 21.7. The Labute approximate surface area is 193 Å². The predicted octanol–water partition coefficient (Wildman–Crippen LogP) is 5.32. The molecule has 1 aliphatic heterocycles. The van der Waals surface area contributed by atoms with Crippen molar-refractivity contribution in [3.63, 3.8) is 0 Å². The van der Waals surface area contributed by atoms with Crippen molar-refractivity contribution in [2.75, 3.05) is 7.11 Å². The Morgan fingerprint density at radius 2 is 1.90 bits per heavy atom. The van der Waals surface area contributed by atoms with Gasteiger partial charge in [-0.2, -0.15) is 0 Å². The van der Waals surface area contributed by atoms with Crippen LogP contribution in [0.1, 0.15) is 43.2 Å². The largest absolute Gasteiger partial charge is 0.496 e. The maximum Gasteiger partial charge on any atom is 0.276 e. The number of rotatable bonds is 6. The van der Waals surface area contributed by atoms with Gasteiger partial charge in [0, 0.05) is 16.6 Å². The first-order valence-corrected chi connectivity index (χ1v) is 11.3. The maximum atomic E-state index is 13.0. The third-order valence-electron chi connectivity index (χ3n) is 5.67. The minimum atomic E-state index is -0.0494. The van der Waals surface area contributed by atoms with Crippen molar-refractivity contribution in [3.8, 4) is 11.5 Å². The fraction of sp³-hybridized carbons (Fsp3) is 0.333. The Morgan fingerprint density at radius 1 is 1.16 bits per heavy atom. The van der Waals surface area contributed by atoms with Crippen molar-refractivity contribution in [2.24, 2.45) is 0 Å². The highest BCUT2D eigenvalue weighted by Gasteiger charge is 2.36. The van der Waals surface area contributed by atoms with Crippen LogP contribution in [0, 0.1) is 0 Å². The van der Waals surface area contributed by atoms with Crippen LogP contribution in [0.5, 0.6) is 11.5 Å². The predicted molar refractivity (Wildman–Crippen MR) is 126 cm³/mol. The van der Waals surface area contributed by atoms with E-state index in [1.807, 2.05) is 36.4 Å². The lowest BCUT2D eigenvalue weighted by atomic mass is 9.94. The van der Waals surface area contributed by atoms with Crippen molar-refractivity contribution in [1.29, 1.82) is 0 Å². The Bertz CT molecular complexity index is 1000. The molecule has 0 radical (unpaired) electrons. The van der Waals surface area contributed by atoms with Gasteiger partial charge in [0.1, 0.15) is 23.8 Å². The molecule has 2 fully saturated rings. The Kier molecular flexibility index (Phi) is 6.78. The van der Waals surface area contributed by atoms with Crippen LogP contribution in [-0.2, 0) is 11.4 Å². The van der Waals surface area contributed by atoms with E-state index in [-0.39, 0.29) is 11.9 Å². The number of nitrogens with zero attached hydrogens (tertiary/aromatic N) is 1. The number of amides is 1. The average molecular weight is 457 g/mol. The van der Waals surface area contributed by atoms with Crippen LogP contribution in [0.25, 0.3) is 6.08 Å². The first-order valence-electron chi connectivity index (χ1n) is 10.5. The monoisotopic (exact) mass is 456 g/mol. The number of hydrogen-bond donors (Lipinski definition) is 1. The van der Waals surface area contributed by atoms with Gasteiger partial charge in [-0.1, -0.05) is 36.9 Å². The second-order valence-electron chi connectivity index (χ2n) is 7.77. The molecule has 0 unspecified atom stereocenters. The molecular formula is C24H25ClN2O3S. The SMILES string of the molecule is COc1ccc(/C=C2/NC(=S)N(C3CCCCC3)C2=O)cc1COc1ccc(Cl)cc1. The minimum absolute atomic E-state index is 0.0494. The van der Waals surface area contributed by atoms with Gasteiger partial charge in [0.25, 0.3) is 5.91 Å². The van der Waals surface area contributed by atoms with Gasteiger partial charge in [-0.05, 0) is 73.1 Å². The molecule has 31 heavy (non-hydrogen) atoms. The summed E-state index contributed by atoms with van der Waals surface area (Å²) < 4.78 is 11.4. The number of thiocarbonyl (C=S) groups is 1. The van der Waals surface area contributed by atoms with Gasteiger partial charge in [-0.3, -0.25) is 9.69 Å². The molecule has 2 aromatic rings. The van der Waals surface area contributed by atoms with Crippen molar-refractivity contribution < 1.29 is 14.3 Å². The number of methoxy groups -OCH3 is 1. The van der Waals surface area contributed by atoms with Crippen LogP contribution in [0.15, 0.2) is 48.2 Å². The standard InChI is InChI=1S/C24H25ClN2O3S/c1-29-22-12-7-16(13-17(22)15-30-20-10-8-18(25)9-11-20)14-21-23(28)27(24(31)26-21)19-5-3-2-4-6-19/h7-14,19H,2-6,15H2,1H3,(H,26,31)/b21-14+. The molecule has 1 saturated heterocycles. The van der Waals surface area contributed by atoms with Gasteiger partial charge in [-0.25, -0.2) is 0 Å². The Morgan fingerprint density at radius 3 is 2.61 bits per heavy atom. The van der Waals surface area contributed by atoms with E-state index in [1.165, 1.54) is 6.42 Å². The molecule has 1 saturated carbocycles. The fourth-order valence-electron chi connectivity index (χ4n) is 4.08. The molecule has 1 amide bonds. The van der Waals surface area contributed by atoms with Gasteiger partial charge in [-0.15, -0.1) is 0 Å². The third kappa shape index (κ3) is 5.02. The topological polar surface area (TPSA) is 50.8 Å². The highest BCUT2D eigenvalue weighted by molar-refractivity contribution is 7.80. The highest BCUT2D eigenvalue weighted by Crippen LogP contribution is 2.28. The molecule has 0 bridgehead atoms. The van der Waals surface area contributed by atoms with Crippen molar-refractivity contribution >= 4 is 40.9 Å². The zero-order valence-corrected chi connectivity index (χ0v) is 19.0. The van der Waals surface area contributed by atoms with E-state index >= 15 is 0 Å². The lowest BCUT2D eigenvalue weighted by molar-refractivity contribution is -0.124. The summed E-state index contributed by atoms with van der Waals surface area (Å²) in [5.41, 5.74) is 2.26. The fourth-order valence-corrected chi connectivity index (χ4v) is 4.55. The van der Waals surface area contributed by atoms with E-state index < -0.39 is 0 Å². The van der Waals surface area contributed by atoms with Crippen molar-refractivity contribution in [1.82, 2.24) is 10.2 Å². The zero-order valence-electron chi connectivity index (χ0n) is 17.4. The van der Waals surface area contributed by atoms with Gasteiger partial charge < -0.3 is 14.8 Å². The number of hydrogen-bond acceptors (Lipinski definition) is 4. The summed E-state index contributed by atoms with van der Waals surface area (Å²) in [7, 11) is 1.63. The number of benzene rings is 2. The van der Waals surface area contributed by atoms with Gasteiger partial charge in [0.05, 0.1) is 7.11 Å². The summed E-state index contributed by atoms with van der Waals surface area (Å²) in [6, 6.07) is 13.2. The number of ether oxygens (including phenoxy) is 2. The molecule has 2 aromatic carbocycles.